The summed E-state index contributed by atoms with van der Waals surface area (Å²) in [5.41, 5.74) is 1.31. The molecule has 0 unspecified atom stereocenters. The van der Waals surface area contributed by atoms with Crippen LogP contribution in [0.1, 0.15) is 50.0 Å². The Morgan fingerprint density at radius 3 is 2.29 bits per heavy atom. The second kappa shape index (κ2) is 12.3. The van der Waals surface area contributed by atoms with Crippen LogP contribution in [-0.2, 0) is 26.2 Å². The minimum Gasteiger partial charge on any atom is -0.352 e. The van der Waals surface area contributed by atoms with Crippen LogP contribution in [0.4, 0.5) is 5.69 Å². The monoisotopic (exact) mass is 565 g/mol. The highest BCUT2D eigenvalue weighted by Gasteiger charge is 2.30. The first-order chi connectivity index (χ1) is 16.3. The molecule has 0 aliphatic carbocycles. The van der Waals surface area contributed by atoms with Gasteiger partial charge in [0.1, 0.15) is 12.6 Å². The number of ketones is 1. The van der Waals surface area contributed by atoms with Gasteiger partial charge < -0.3 is 10.2 Å². The number of nitrogens with one attached hydrogen (secondary N) is 1. The fraction of sp³-hybridized carbons (Fsp3) is 0.400. The molecule has 2 aromatic carbocycles. The maximum atomic E-state index is 13.5. The van der Waals surface area contributed by atoms with E-state index in [1.807, 2.05) is 38.1 Å². The van der Waals surface area contributed by atoms with E-state index in [2.05, 4.69) is 21.2 Å². The van der Waals surface area contributed by atoms with Crippen molar-refractivity contribution in [3.63, 3.8) is 0 Å². The highest BCUT2D eigenvalue weighted by atomic mass is 79.9. The summed E-state index contributed by atoms with van der Waals surface area (Å²) >= 11 is 3.41. The lowest BCUT2D eigenvalue weighted by atomic mass is 10.1. The molecule has 1 N–H and O–H groups in total. The number of hydrogen-bond acceptors (Lipinski definition) is 5. The minimum absolute atomic E-state index is 0.0744. The second-order valence-electron chi connectivity index (χ2n) is 8.52. The Balaban J connectivity index is 2.43. The molecule has 0 aliphatic heterocycles. The zero-order valence-corrected chi connectivity index (χ0v) is 23.0. The summed E-state index contributed by atoms with van der Waals surface area (Å²) in [6, 6.07) is 12.5. The number of anilines is 1. The smallest absolute Gasteiger partial charge is 0.244 e. The quantitative estimate of drug-likeness (QED) is 0.418. The van der Waals surface area contributed by atoms with Crippen molar-refractivity contribution < 1.29 is 22.8 Å². The molecule has 2 amide bonds. The van der Waals surface area contributed by atoms with Gasteiger partial charge in [0.2, 0.25) is 21.8 Å². The van der Waals surface area contributed by atoms with Crippen molar-refractivity contribution in [3.8, 4) is 0 Å². The molecule has 0 saturated heterocycles. The fourth-order valence-electron chi connectivity index (χ4n) is 3.37. The van der Waals surface area contributed by atoms with E-state index in [4.69, 9.17) is 0 Å². The van der Waals surface area contributed by atoms with Crippen molar-refractivity contribution in [2.24, 2.45) is 0 Å². The van der Waals surface area contributed by atoms with Crippen LogP contribution in [0.3, 0.4) is 0 Å². The van der Waals surface area contributed by atoms with Gasteiger partial charge in [0.15, 0.2) is 5.78 Å². The van der Waals surface area contributed by atoms with Gasteiger partial charge in [-0.3, -0.25) is 18.7 Å². The summed E-state index contributed by atoms with van der Waals surface area (Å²) < 4.78 is 27.1. The Hall–Kier alpha value is -2.72. The molecule has 0 radical (unpaired) electrons. The van der Waals surface area contributed by atoms with E-state index in [-0.39, 0.29) is 30.0 Å². The van der Waals surface area contributed by atoms with Crippen molar-refractivity contribution in [2.75, 3.05) is 17.1 Å². The molecule has 0 bridgehead atoms. The molecule has 8 nitrogen and oxygen atoms in total. The third-order valence-electron chi connectivity index (χ3n) is 5.63. The summed E-state index contributed by atoms with van der Waals surface area (Å²) in [7, 11) is -3.87. The molecule has 0 saturated carbocycles. The lowest BCUT2D eigenvalue weighted by Crippen LogP contribution is -2.52. The van der Waals surface area contributed by atoms with E-state index < -0.39 is 28.5 Å². The number of rotatable bonds is 11. The molecule has 0 heterocycles. The van der Waals surface area contributed by atoms with E-state index in [1.54, 1.807) is 19.1 Å². The van der Waals surface area contributed by atoms with Crippen molar-refractivity contribution >= 4 is 49.2 Å². The normalized spacial score (nSPS) is 13.0. The van der Waals surface area contributed by atoms with Crippen LogP contribution < -0.4 is 9.62 Å². The largest absolute Gasteiger partial charge is 0.352 e. The van der Waals surface area contributed by atoms with Gasteiger partial charge in [-0.25, -0.2) is 8.42 Å². The number of hydrogen-bond donors (Lipinski definition) is 1. The fourth-order valence-corrected chi connectivity index (χ4v) is 4.66. The SMILES string of the molecule is CC[C@H](C)NC(=O)[C@H](C)N(Cc1cccc(Br)c1)C(=O)CN(c1cccc(C(C)=O)c1)S(C)(=O)=O. The Labute approximate surface area is 215 Å². The molecule has 10 heteroatoms. The number of halogens is 1. The standard InChI is InChI=1S/C25H32BrN3O5S/c1-6-17(2)27-25(32)18(3)28(15-20-9-7-11-22(26)13-20)24(31)16-29(35(5,33)34)23-12-8-10-21(14-23)19(4)30/h7-14,17-18H,6,15-16H2,1-5H3,(H,27,32)/t17-,18-/m0/s1. The van der Waals surface area contributed by atoms with Gasteiger partial charge in [-0.1, -0.05) is 47.1 Å². The van der Waals surface area contributed by atoms with Gasteiger partial charge in [-0.15, -0.1) is 0 Å². The second-order valence-corrected chi connectivity index (χ2v) is 11.3. The summed E-state index contributed by atoms with van der Waals surface area (Å²) in [6.07, 6.45) is 1.73. The number of sulfonamides is 1. The third-order valence-corrected chi connectivity index (χ3v) is 7.26. The Morgan fingerprint density at radius 1 is 1.06 bits per heavy atom. The van der Waals surface area contributed by atoms with Gasteiger partial charge in [-0.2, -0.15) is 0 Å². The third kappa shape index (κ3) is 8.17. The summed E-state index contributed by atoms with van der Waals surface area (Å²) in [5, 5.41) is 2.89. The zero-order chi connectivity index (χ0) is 26.3. The van der Waals surface area contributed by atoms with Crippen LogP contribution in [0.5, 0.6) is 0 Å². The van der Waals surface area contributed by atoms with E-state index >= 15 is 0 Å². The number of amides is 2. The van der Waals surface area contributed by atoms with E-state index in [9.17, 15) is 22.8 Å². The predicted molar refractivity (Wildman–Crippen MR) is 141 cm³/mol. The first kappa shape index (κ1) is 28.5. The highest BCUT2D eigenvalue weighted by Crippen LogP contribution is 2.21. The van der Waals surface area contributed by atoms with Crippen LogP contribution >= 0.6 is 15.9 Å². The molecule has 2 rings (SSSR count). The van der Waals surface area contributed by atoms with Gasteiger partial charge in [-0.05, 0) is 57.0 Å². The van der Waals surface area contributed by atoms with Crippen molar-refractivity contribution in [1.82, 2.24) is 10.2 Å². The predicted octanol–water partition coefficient (Wildman–Crippen LogP) is 3.75. The number of Topliss-reactive ketones (excluding diaryl/α,β-unsaturated/α-hetero) is 1. The van der Waals surface area contributed by atoms with E-state index in [0.29, 0.717) is 5.56 Å². The van der Waals surface area contributed by atoms with Crippen LogP contribution in [0.2, 0.25) is 0 Å². The van der Waals surface area contributed by atoms with Crippen molar-refractivity contribution in [1.29, 1.82) is 0 Å². The number of benzene rings is 2. The van der Waals surface area contributed by atoms with Crippen molar-refractivity contribution in [2.45, 2.75) is 52.7 Å². The summed E-state index contributed by atoms with van der Waals surface area (Å²) in [5.74, 6) is -1.10. The summed E-state index contributed by atoms with van der Waals surface area (Å²) in [4.78, 5) is 39.6. The van der Waals surface area contributed by atoms with Crippen LogP contribution in [0.25, 0.3) is 0 Å². The molecule has 2 atom stereocenters. The molecule has 0 fully saturated rings. The number of nitrogens with zero attached hydrogens (tertiary/aromatic N) is 2. The van der Waals surface area contributed by atoms with Crippen molar-refractivity contribution in [3.05, 3.63) is 64.1 Å². The molecule has 190 valence electrons. The lowest BCUT2D eigenvalue weighted by molar-refractivity contribution is -0.139. The van der Waals surface area contributed by atoms with E-state index in [1.165, 1.54) is 24.0 Å². The number of carbonyl (C=O) groups is 3. The van der Waals surface area contributed by atoms with E-state index in [0.717, 1.165) is 27.0 Å². The van der Waals surface area contributed by atoms with Gasteiger partial charge in [0.25, 0.3) is 0 Å². The average Bonchev–Trinajstić information content (AvgIpc) is 2.79. The van der Waals surface area contributed by atoms with Gasteiger partial charge >= 0.3 is 0 Å². The maximum absolute atomic E-state index is 13.5. The van der Waals surface area contributed by atoms with Gasteiger partial charge in [0, 0.05) is 22.6 Å². The molecular weight excluding hydrogens is 534 g/mol. The first-order valence-electron chi connectivity index (χ1n) is 11.3. The van der Waals surface area contributed by atoms with Crippen LogP contribution in [0.15, 0.2) is 53.0 Å². The van der Waals surface area contributed by atoms with Crippen LogP contribution in [0, 0.1) is 0 Å². The minimum atomic E-state index is -3.87. The topological polar surface area (TPSA) is 104 Å². The van der Waals surface area contributed by atoms with Gasteiger partial charge in [0.05, 0.1) is 11.9 Å². The molecule has 35 heavy (non-hydrogen) atoms. The average molecular weight is 567 g/mol. The number of carbonyl (C=O) groups excluding carboxylic acids is 3. The molecule has 2 aromatic rings. The van der Waals surface area contributed by atoms with Crippen LogP contribution in [-0.4, -0.2) is 55.8 Å². The first-order valence-corrected chi connectivity index (χ1v) is 13.9. The molecule has 0 aliphatic rings. The highest BCUT2D eigenvalue weighted by molar-refractivity contribution is 9.10. The Bertz CT molecular complexity index is 1190. The molecular formula is C25H32BrN3O5S. The maximum Gasteiger partial charge on any atom is 0.244 e. The summed E-state index contributed by atoms with van der Waals surface area (Å²) in [6.45, 7) is 6.41. The zero-order valence-electron chi connectivity index (χ0n) is 20.6. The molecule has 0 aromatic heterocycles. The Kier molecular flexibility index (Phi) is 10.0. The lowest BCUT2D eigenvalue weighted by Gasteiger charge is -2.32. The Morgan fingerprint density at radius 2 is 1.71 bits per heavy atom. The molecule has 0 spiro atoms.